The molecule has 0 aliphatic rings. The van der Waals surface area contributed by atoms with Crippen molar-refractivity contribution in [2.75, 3.05) is 0 Å². The van der Waals surface area contributed by atoms with Crippen LogP contribution in [0.25, 0.3) is 0 Å². The first-order valence-corrected chi connectivity index (χ1v) is 18.4. The van der Waals surface area contributed by atoms with E-state index in [0.29, 0.717) is 5.41 Å². The highest BCUT2D eigenvalue weighted by atomic mass is 14.0. The predicted octanol–water partition coefficient (Wildman–Crippen LogP) is 18.5. The third-order valence-electron chi connectivity index (χ3n) is 4.05. The Hall–Kier alpha value is 0. The fraction of sp³-hybridized carbons (Fsp3) is 1.00. The van der Waals surface area contributed by atoms with Gasteiger partial charge in [-0.05, 0) is 23.2 Å². The van der Waals surface area contributed by atoms with Crippen LogP contribution >= 0.6 is 0 Å². The molecule has 0 aromatic rings. The normalized spacial score (nSPS) is 8.43. The Bertz CT molecular complexity index is 229. The van der Waals surface area contributed by atoms with E-state index >= 15 is 0 Å². The van der Waals surface area contributed by atoms with Crippen molar-refractivity contribution in [3.05, 3.63) is 0 Å². The van der Waals surface area contributed by atoms with E-state index < -0.39 is 0 Å². The van der Waals surface area contributed by atoms with Gasteiger partial charge in [0.25, 0.3) is 0 Å². The van der Waals surface area contributed by atoms with Crippen molar-refractivity contribution in [1.29, 1.82) is 0 Å². The summed E-state index contributed by atoms with van der Waals surface area (Å²) in [7, 11) is 0. The highest BCUT2D eigenvalue weighted by molar-refractivity contribution is 4.47. The van der Waals surface area contributed by atoms with E-state index in [4.69, 9.17) is 0 Å². The maximum atomic E-state index is 2.25. The second-order valence-electron chi connectivity index (χ2n) is 13.5. The van der Waals surface area contributed by atoms with Gasteiger partial charge in [0.05, 0.1) is 0 Å². The molecule has 0 aromatic carbocycles. The van der Waals surface area contributed by atoms with E-state index in [2.05, 4.69) is 145 Å². The van der Waals surface area contributed by atoms with Gasteiger partial charge in [0, 0.05) is 0 Å². The van der Waals surface area contributed by atoms with Crippen LogP contribution in [0.3, 0.4) is 0 Å². The van der Waals surface area contributed by atoms with E-state index in [1.807, 2.05) is 13.8 Å². The SMILES string of the molecule is C.C.CC.CC(C)(C)C.CC(C)C.CCC.CCC(C)C.CCC(C)C.CCCC.CCCCC.CCCCCCC. The Morgan fingerprint density at radius 3 is 0.571 bits per heavy atom. The lowest BCUT2D eigenvalue weighted by Gasteiger charge is -2.05. The Morgan fingerprint density at radius 1 is 0.381 bits per heavy atom. The summed E-state index contributed by atoms with van der Waals surface area (Å²) in [5.41, 5.74) is 0.500. The average Bonchev–Trinajstić information content (AvgIpc) is 2.86. The van der Waals surface area contributed by atoms with Crippen LogP contribution in [0.1, 0.15) is 258 Å². The van der Waals surface area contributed by atoms with Crippen LogP contribution in [0.15, 0.2) is 0 Å². The fourth-order valence-corrected chi connectivity index (χ4v) is 1.03. The molecule has 0 spiro atoms. The first-order chi connectivity index (χ1) is 18.4. The Morgan fingerprint density at radius 2 is 0.524 bits per heavy atom. The third-order valence-corrected chi connectivity index (χ3v) is 4.05. The summed E-state index contributed by atoms with van der Waals surface area (Å²) in [6, 6.07) is 0. The molecule has 0 saturated carbocycles. The molecule has 0 heteroatoms. The highest BCUT2D eigenvalue weighted by Gasteiger charge is 1.95. The maximum absolute atomic E-state index is 2.25. The topological polar surface area (TPSA) is 0 Å². The predicted molar refractivity (Wildman–Crippen MR) is 217 cm³/mol. The number of hydrogen-bond acceptors (Lipinski definition) is 0. The van der Waals surface area contributed by atoms with Gasteiger partial charge in [-0.2, -0.15) is 0 Å². The second kappa shape index (κ2) is 83.7. The summed E-state index contributed by atoms with van der Waals surface area (Å²) in [5.74, 6) is 2.60. The van der Waals surface area contributed by atoms with Gasteiger partial charge < -0.3 is 0 Å². The largest absolute Gasteiger partial charge is 0.0776 e. The van der Waals surface area contributed by atoms with Gasteiger partial charge in [-0.25, -0.2) is 0 Å². The van der Waals surface area contributed by atoms with Crippen LogP contribution in [0.2, 0.25) is 0 Å². The Kier molecular flexibility index (Phi) is 146. The quantitative estimate of drug-likeness (QED) is 0.228. The fourth-order valence-electron chi connectivity index (χ4n) is 1.03. The number of rotatable bonds is 9. The van der Waals surface area contributed by atoms with Gasteiger partial charge in [-0.1, -0.05) is 258 Å². The number of hydrogen-bond donors (Lipinski definition) is 0. The van der Waals surface area contributed by atoms with Gasteiger partial charge in [-0.15, -0.1) is 0 Å². The molecule has 0 nitrogen and oxygen atoms in total. The first-order valence-electron chi connectivity index (χ1n) is 18.4. The summed E-state index contributed by atoms with van der Waals surface area (Å²) >= 11 is 0. The van der Waals surface area contributed by atoms with Crippen LogP contribution in [-0.4, -0.2) is 0 Å². The molecule has 0 aliphatic carbocycles. The summed E-state index contributed by atoms with van der Waals surface area (Å²) < 4.78 is 0. The first kappa shape index (κ1) is 73.5. The van der Waals surface area contributed by atoms with Crippen LogP contribution in [-0.2, 0) is 0 Å². The van der Waals surface area contributed by atoms with Crippen LogP contribution < -0.4 is 0 Å². The molecule has 0 bridgehead atoms. The van der Waals surface area contributed by atoms with Crippen LogP contribution in [0.4, 0.5) is 0 Å². The van der Waals surface area contributed by atoms with Gasteiger partial charge in [0.15, 0.2) is 0 Å². The van der Waals surface area contributed by atoms with E-state index in [9.17, 15) is 0 Å². The lowest BCUT2D eigenvalue weighted by atomic mass is 10.0. The summed E-state index contributed by atoms with van der Waals surface area (Å²) in [6.45, 7) is 50.1. The monoisotopic (exact) mass is 611 g/mol. The molecule has 0 fully saturated rings. The molecule has 0 radical (unpaired) electrons. The maximum Gasteiger partial charge on any atom is -0.0411 e. The molecule has 274 valence electrons. The molecular formula is C42H106. The number of unbranched alkanes of at least 4 members (excludes halogenated alkanes) is 7. The third kappa shape index (κ3) is 503. The van der Waals surface area contributed by atoms with Crippen LogP contribution in [0, 0.1) is 23.2 Å². The van der Waals surface area contributed by atoms with E-state index in [0.717, 1.165) is 17.8 Å². The minimum absolute atomic E-state index is 0. The molecule has 0 heterocycles. The van der Waals surface area contributed by atoms with E-state index in [1.165, 1.54) is 83.5 Å². The standard InChI is InChI=1S/C7H16.4C5H12.2C4H10.C3H8.C2H6.2CH4/c1-3-5-7-6-4-2;1-5(2,3)4;2*1-4-5(2)3;1-3-5-4-2;1-4(2)3;1-3-4-2;1-3-2;1-2;;/h3-7H2,1-2H3;1-4H3;2*5H,4H2,1-3H3;3-5H2,1-2H3;4H,1-3H3;3-4H2,1-2H3;3H2,1-2H3;1-2H3;2*1H4. The molecule has 0 unspecified atom stereocenters. The molecule has 0 aromatic heterocycles. The minimum Gasteiger partial charge on any atom is -0.0776 e. The Balaban J connectivity index is -0.0000000289. The minimum atomic E-state index is 0. The molecule has 0 aliphatic heterocycles. The molecular weight excluding hydrogens is 504 g/mol. The lowest BCUT2D eigenvalue weighted by molar-refractivity contribution is 0.469. The van der Waals surface area contributed by atoms with E-state index in [-0.39, 0.29) is 14.9 Å². The zero-order valence-corrected chi connectivity index (χ0v) is 34.4. The van der Waals surface area contributed by atoms with Crippen molar-refractivity contribution in [2.45, 2.75) is 258 Å². The van der Waals surface area contributed by atoms with Crippen molar-refractivity contribution < 1.29 is 0 Å². The molecule has 0 saturated heterocycles. The lowest BCUT2D eigenvalue weighted by Crippen LogP contribution is -1.93. The summed E-state index contributed by atoms with van der Waals surface area (Å²) in [5, 5.41) is 0. The van der Waals surface area contributed by atoms with Gasteiger partial charge in [0.1, 0.15) is 0 Å². The average molecular weight is 611 g/mol. The van der Waals surface area contributed by atoms with Crippen molar-refractivity contribution in [1.82, 2.24) is 0 Å². The second-order valence-corrected chi connectivity index (χ2v) is 13.5. The van der Waals surface area contributed by atoms with Gasteiger partial charge >= 0.3 is 0 Å². The van der Waals surface area contributed by atoms with Crippen LogP contribution in [0.5, 0.6) is 0 Å². The van der Waals surface area contributed by atoms with Crippen molar-refractivity contribution in [2.24, 2.45) is 23.2 Å². The van der Waals surface area contributed by atoms with Crippen molar-refractivity contribution in [3.63, 3.8) is 0 Å². The highest BCUT2D eigenvalue weighted by Crippen LogP contribution is 2.08. The van der Waals surface area contributed by atoms with Gasteiger partial charge in [0.2, 0.25) is 0 Å². The summed E-state index contributed by atoms with van der Waals surface area (Å²) in [4.78, 5) is 0. The molecule has 0 N–H and O–H groups in total. The molecule has 0 rings (SSSR count). The zero-order chi connectivity index (χ0) is 34.4. The summed E-state index contributed by atoms with van der Waals surface area (Å²) in [6.07, 6.45) is 17.6. The zero-order valence-electron chi connectivity index (χ0n) is 34.4. The molecule has 0 atom stereocenters. The Labute approximate surface area is 280 Å². The molecule has 42 heavy (non-hydrogen) atoms. The molecule has 0 amide bonds. The van der Waals surface area contributed by atoms with E-state index in [1.54, 1.807) is 0 Å². The van der Waals surface area contributed by atoms with Gasteiger partial charge in [-0.3, -0.25) is 0 Å². The van der Waals surface area contributed by atoms with Crippen molar-refractivity contribution >= 4 is 0 Å². The van der Waals surface area contributed by atoms with Crippen molar-refractivity contribution in [3.8, 4) is 0 Å². The smallest absolute Gasteiger partial charge is 0.0411 e.